The number of Topliss-reactive ketones (excluding diaryl/α,β-unsaturated/α-hetero) is 1. The second-order valence-corrected chi connectivity index (χ2v) is 6.16. The molecule has 1 aromatic rings. The van der Waals surface area contributed by atoms with E-state index in [9.17, 15) is 10.0 Å². The molecule has 1 saturated carbocycles. The first-order valence-electron chi connectivity index (χ1n) is 6.12. The molecule has 1 aromatic carbocycles. The molecule has 3 nitrogen and oxygen atoms in total. The maximum atomic E-state index is 12.2. The van der Waals surface area contributed by atoms with Crippen LogP contribution in [0.3, 0.4) is 0 Å². The van der Waals surface area contributed by atoms with Gasteiger partial charge in [-0.3, -0.25) is 4.79 Å². The maximum absolute atomic E-state index is 12.2. The monoisotopic (exact) mass is 357 g/mol. The van der Waals surface area contributed by atoms with Crippen molar-refractivity contribution >= 4 is 34.6 Å². The molecule has 0 aromatic heterocycles. The van der Waals surface area contributed by atoms with Crippen LogP contribution in [0.25, 0.3) is 0 Å². The van der Waals surface area contributed by atoms with Crippen LogP contribution in [0.2, 0.25) is 0 Å². The zero-order chi connectivity index (χ0) is 13.2. The SMILES string of the molecule is CC1(/[N+]([O-])=C/c2ccc(I)cc2)CCCCC1=O. The lowest BCUT2D eigenvalue weighted by molar-refractivity contribution is -0.525. The van der Waals surface area contributed by atoms with Crippen molar-refractivity contribution < 1.29 is 9.53 Å². The Morgan fingerprint density at radius 3 is 2.61 bits per heavy atom. The summed E-state index contributed by atoms with van der Waals surface area (Å²) in [7, 11) is 0. The van der Waals surface area contributed by atoms with Crippen molar-refractivity contribution in [2.24, 2.45) is 0 Å². The Bertz CT molecular complexity index is 481. The molecule has 1 atom stereocenters. The first kappa shape index (κ1) is 13.5. The summed E-state index contributed by atoms with van der Waals surface area (Å²) in [6.45, 7) is 1.75. The van der Waals surface area contributed by atoms with Crippen LogP contribution < -0.4 is 0 Å². The summed E-state index contributed by atoms with van der Waals surface area (Å²) in [4.78, 5) is 11.9. The van der Waals surface area contributed by atoms with E-state index >= 15 is 0 Å². The Hall–Kier alpha value is -0.910. The molecule has 0 saturated heterocycles. The molecule has 1 aliphatic carbocycles. The molecule has 0 bridgehead atoms. The van der Waals surface area contributed by atoms with Gasteiger partial charge in [0.05, 0.1) is 0 Å². The topological polar surface area (TPSA) is 43.1 Å². The van der Waals surface area contributed by atoms with Crippen molar-refractivity contribution in [2.45, 2.75) is 38.1 Å². The van der Waals surface area contributed by atoms with E-state index in [1.807, 2.05) is 24.3 Å². The van der Waals surface area contributed by atoms with Gasteiger partial charge in [-0.1, -0.05) is 0 Å². The number of nitrogens with zero attached hydrogens (tertiary/aromatic N) is 1. The fraction of sp³-hybridized carbons (Fsp3) is 0.429. The third-order valence-corrected chi connectivity index (χ3v) is 4.26. The van der Waals surface area contributed by atoms with Gasteiger partial charge < -0.3 is 5.21 Å². The van der Waals surface area contributed by atoms with E-state index in [0.29, 0.717) is 12.8 Å². The summed E-state index contributed by atoms with van der Waals surface area (Å²) in [6.07, 6.45) is 4.55. The molecule has 0 heterocycles. The predicted molar refractivity (Wildman–Crippen MR) is 79.8 cm³/mol. The molecule has 2 rings (SSSR count). The van der Waals surface area contributed by atoms with Gasteiger partial charge in [0.1, 0.15) is 0 Å². The van der Waals surface area contributed by atoms with E-state index in [1.54, 1.807) is 6.92 Å². The van der Waals surface area contributed by atoms with Gasteiger partial charge in [0, 0.05) is 28.9 Å². The van der Waals surface area contributed by atoms with Crippen LogP contribution >= 0.6 is 22.6 Å². The van der Waals surface area contributed by atoms with Gasteiger partial charge in [0.2, 0.25) is 11.3 Å². The number of carbonyl (C=O) groups excluding carboxylic acids is 1. The van der Waals surface area contributed by atoms with Gasteiger partial charge in [-0.15, -0.1) is 0 Å². The Kier molecular flexibility index (Phi) is 4.04. The van der Waals surface area contributed by atoms with Crippen LogP contribution in [0.1, 0.15) is 38.2 Å². The Morgan fingerprint density at radius 1 is 1.33 bits per heavy atom. The van der Waals surface area contributed by atoms with E-state index in [1.165, 1.54) is 6.21 Å². The molecule has 96 valence electrons. The number of hydrogen-bond acceptors (Lipinski definition) is 2. The highest BCUT2D eigenvalue weighted by Gasteiger charge is 2.42. The highest BCUT2D eigenvalue weighted by Crippen LogP contribution is 2.27. The number of rotatable bonds is 2. The van der Waals surface area contributed by atoms with Crippen molar-refractivity contribution in [1.29, 1.82) is 0 Å². The van der Waals surface area contributed by atoms with Crippen LogP contribution in [0.4, 0.5) is 0 Å². The second-order valence-electron chi connectivity index (χ2n) is 4.91. The molecule has 1 aliphatic rings. The molecule has 0 N–H and O–H groups in total. The lowest BCUT2D eigenvalue weighted by Crippen LogP contribution is -2.46. The Balaban J connectivity index is 2.26. The van der Waals surface area contributed by atoms with Gasteiger partial charge >= 0.3 is 0 Å². The molecule has 1 fully saturated rings. The number of hydroxylamine groups is 1. The van der Waals surface area contributed by atoms with Gasteiger partial charge in [0.25, 0.3) is 0 Å². The summed E-state index contributed by atoms with van der Waals surface area (Å²) in [5.41, 5.74) is -0.0358. The van der Waals surface area contributed by atoms with Crippen LogP contribution in [0.5, 0.6) is 0 Å². The van der Waals surface area contributed by atoms with Crippen LogP contribution in [-0.4, -0.2) is 22.3 Å². The normalized spacial score (nSPS) is 25.2. The molecule has 0 amide bonds. The van der Waals surface area contributed by atoms with Gasteiger partial charge in [-0.2, -0.15) is 4.74 Å². The Morgan fingerprint density at radius 2 is 2.00 bits per heavy atom. The number of halogens is 1. The van der Waals surface area contributed by atoms with Crippen molar-refractivity contribution in [3.63, 3.8) is 0 Å². The largest absolute Gasteiger partial charge is 0.623 e. The van der Waals surface area contributed by atoms with Crippen LogP contribution in [-0.2, 0) is 4.79 Å². The Labute approximate surface area is 121 Å². The minimum absolute atomic E-state index is 0.0607. The van der Waals surface area contributed by atoms with E-state index < -0.39 is 5.54 Å². The van der Waals surface area contributed by atoms with Gasteiger partial charge in [-0.05, 0) is 59.7 Å². The fourth-order valence-corrected chi connectivity index (χ4v) is 2.58. The summed E-state index contributed by atoms with van der Waals surface area (Å²) < 4.78 is 1.97. The molecular weight excluding hydrogens is 341 g/mol. The zero-order valence-corrected chi connectivity index (χ0v) is 12.5. The first-order chi connectivity index (χ1) is 8.52. The average molecular weight is 357 g/mol. The van der Waals surface area contributed by atoms with E-state index in [2.05, 4.69) is 22.6 Å². The van der Waals surface area contributed by atoms with Crippen molar-refractivity contribution in [3.8, 4) is 0 Å². The highest BCUT2D eigenvalue weighted by atomic mass is 127. The van der Waals surface area contributed by atoms with E-state index in [-0.39, 0.29) is 5.78 Å². The maximum Gasteiger partial charge on any atom is 0.227 e. The lowest BCUT2D eigenvalue weighted by atomic mass is 9.82. The summed E-state index contributed by atoms with van der Waals surface area (Å²) >= 11 is 2.22. The second kappa shape index (κ2) is 5.38. The number of hydrogen-bond donors (Lipinski definition) is 0. The molecular formula is C14H16INO2. The predicted octanol–water partition coefficient (Wildman–Crippen LogP) is 3.12. The minimum atomic E-state index is -0.874. The van der Waals surface area contributed by atoms with Crippen LogP contribution in [0.15, 0.2) is 24.3 Å². The summed E-state index contributed by atoms with van der Waals surface area (Å²) in [6, 6.07) is 7.68. The summed E-state index contributed by atoms with van der Waals surface area (Å²) in [5.74, 6) is 0.0607. The van der Waals surface area contributed by atoms with Gasteiger partial charge in [0.15, 0.2) is 6.21 Å². The van der Waals surface area contributed by atoms with E-state index in [4.69, 9.17) is 0 Å². The fourth-order valence-electron chi connectivity index (χ4n) is 2.22. The third kappa shape index (κ3) is 2.74. The van der Waals surface area contributed by atoms with Crippen LogP contribution in [0, 0.1) is 8.78 Å². The molecule has 0 radical (unpaired) electrons. The molecule has 0 aliphatic heterocycles. The number of ketones is 1. The number of carbonyl (C=O) groups is 1. The lowest BCUT2D eigenvalue weighted by Gasteiger charge is -2.30. The third-order valence-electron chi connectivity index (χ3n) is 3.54. The zero-order valence-electron chi connectivity index (χ0n) is 10.4. The smallest absolute Gasteiger partial charge is 0.227 e. The minimum Gasteiger partial charge on any atom is -0.623 e. The molecule has 1 unspecified atom stereocenters. The highest BCUT2D eigenvalue weighted by molar-refractivity contribution is 14.1. The first-order valence-corrected chi connectivity index (χ1v) is 7.20. The number of benzene rings is 1. The standard InChI is InChI=1S/C14H16INO2/c1-14(9-3-2-4-13(14)17)16(18)10-11-5-7-12(15)8-6-11/h5-8,10H,2-4,9H2,1H3/b16-10-. The summed E-state index contributed by atoms with van der Waals surface area (Å²) in [5, 5.41) is 12.2. The molecule has 0 spiro atoms. The van der Waals surface area contributed by atoms with Crippen molar-refractivity contribution in [1.82, 2.24) is 0 Å². The van der Waals surface area contributed by atoms with E-state index in [0.717, 1.165) is 26.7 Å². The van der Waals surface area contributed by atoms with Gasteiger partial charge in [-0.25, -0.2) is 0 Å². The quantitative estimate of drug-likeness (QED) is 0.268. The van der Waals surface area contributed by atoms with Crippen molar-refractivity contribution in [2.75, 3.05) is 0 Å². The molecule has 18 heavy (non-hydrogen) atoms. The average Bonchev–Trinajstić information content (AvgIpc) is 2.36. The molecule has 4 heteroatoms. The van der Waals surface area contributed by atoms with Crippen molar-refractivity contribution in [3.05, 3.63) is 38.6 Å².